The summed E-state index contributed by atoms with van der Waals surface area (Å²) in [6, 6.07) is 0.221. The number of hydrogen-bond acceptors (Lipinski definition) is 3. The molecule has 1 saturated heterocycles. The molecule has 0 radical (unpaired) electrons. The first-order valence-corrected chi connectivity index (χ1v) is 9.40. The maximum absolute atomic E-state index is 12.1. The van der Waals surface area contributed by atoms with Crippen LogP contribution in [0.25, 0.3) is 0 Å². The minimum atomic E-state index is -0.0320. The summed E-state index contributed by atoms with van der Waals surface area (Å²) in [5, 5.41) is 6.14. The van der Waals surface area contributed by atoms with E-state index in [9.17, 15) is 4.79 Å². The Morgan fingerprint density at radius 3 is 2.96 bits per heavy atom. The summed E-state index contributed by atoms with van der Waals surface area (Å²) >= 11 is 0. The number of urea groups is 1. The zero-order chi connectivity index (χ0) is 16.7. The van der Waals surface area contributed by atoms with Gasteiger partial charge in [-0.1, -0.05) is 19.3 Å². The fraction of sp³-hybridized carbons (Fsp3) is 0.778. The van der Waals surface area contributed by atoms with Crippen molar-refractivity contribution in [1.82, 2.24) is 20.2 Å². The molecule has 0 bridgehead atoms. The minimum Gasteiger partial charge on any atom is -0.375 e. The summed E-state index contributed by atoms with van der Waals surface area (Å²) in [4.78, 5) is 16.1. The van der Waals surface area contributed by atoms with E-state index in [2.05, 4.69) is 20.2 Å². The van der Waals surface area contributed by atoms with E-state index in [1.165, 1.54) is 19.3 Å². The molecule has 2 fully saturated rings. The molecule has 0 unspecified atom stereocenters. The van der Waals surface area contributed by atoms with Crippen molar-refractivity contribution in [3.8, 4) is 0 Å². The molecule has 1 aliphatic heterocycles. The van der Waals surface area contributed by atoms with Crippen molar-refractivity contribution in [2.45, 2.75) is 76.0 Å². The lowest BCUT2D eigenvalue weighted by Gasteiger charge is -2.43. The Kier molecular flexibility index (Phi) is 6.12. The van der Waals surface area contributed by atoms with Gasteiger partial charge in [0, 0.05) is 38.1 Å². The number of imidazole rings is 1. The molecular formula is C18H30N4O2. The Morgan fingerprint density at radius 1 is 1.29 bits per heavy atom. The Labute approximate surface area is 144 Å². The molecule has 24 heavy (non-hydrogen) atoms. The standard InChI is InChI=1S/C18H30N4O2/c23-17(20-9-4-5-11-22-12-10-19-15-22)21-16-6-13-24-18(14-16)7-2-1-3-8-18/h10,12,15-16H,1-9,11,13-14H2,(H2,20,21,23)/t16-/m1/s1. The molecule has 2 heterocycles. The number of ether oxygens (including phenoxy) is 1. The molecule has 1 atom stereocenters. The van der Waals surface area contributed by atoms with Crippen molar-refractivity contribution in [3.05, 3.63) is 18.7 Å². The average molecular weight is 334 g/mol. The van der Waals surface area contributed by atoms with Crippen LogP contribution in [0, 0.1) is 0 Å². The molecule has 1 spiro atoms. The van der Waals surface area contributed by atoms with Crippen molar-refractivity contribution in [3.63, 3.8) is 0 Å². The van der Waals surface area contributed by atoms with Crippen LogP contribution in [0.5, 0.6) is 0 Å². The predicted molar refractivity (Wildman–Crippen MR) is 92.8 cm³/mol. The smallest absolute Gasteiger partial charge is 0.315 e. The van der Waals surface area contributed by atoms with E-state index >= 15 is 0 Å². The lowest BCUT2D eigenvalue weighted by Crippen LogP contribution is -2.51. The van der Waals surface area contributed by atoms with Gasteiger partial charge in [0.15, 0.2) is 0 Å². The number of hydrogen-bond donors (Lipinski definition) is 2. The number of amides is 2. The predicted octanol–water partition coefficient (Wildman–Crippen LogP) is 2.84. The fourth-order valence-corrected chi connectivity index (χ4v) is 3.97. The molecule has 2 N–H and O–H groups in total. The van der Waals surface area contributed by atoms with Crippen molar-refractivity contribution >= 4 is 6.03 Å². The average Bonchev–Trinajstić information content (AvgIpc) is 3.09. The van der Waals surface area contributed by atoms with Crippen molar-refractivity contribution < 1.29 is 9.53 Å². The summed E-state index contributed by atoms with van der Waals surface area (Å²) in [7, 11) is 0. The highest BCUT2D eigenvalue weighted by Gasteiger charge is 2.38. The van der Waals surface area contributed by atoms with Gasteiger partial charge in [-0.3, -0.25) is 0 Å². The molecule has 1 aliphatic carbocycles. The van der Waals surface area contributed by atoms with Crippen LogP contribution < -0.4 is 10.6 Å². The second-order valence-corrected chi connectivity index (χ2v) is 7.19. The third-order valence-corrected chi connectivity index (χ3v) is 5.28. The minimum absolute atomic E-state index is 0.0320. The van der Waals surface area contributed by atoms with Crippen molar-refractivity contribution in [1.29, 1.82) is 0 Å². The largest absolute Gasteiger partial charge is 0.375 e. The lowest BCUT2D eigenvalue weighted by molar-refractivity contribution is -0.107. The van der Waals surface area contributed by atoms with Gasteiger partial charge < -0.3 is 19.9 Å². The van der Waals surface area contributed by atoms with E-state index in [4.69, 9.17) is 4.74 Å². The zero-order valence-electron chi connectivity index (χ0n) is 14.5. The molecule has 1 aromatic rings. The first kappa shape index (κ1) is 17.3. The second-order valence-electron chi connectivity index (χ2n) is 7.19. The highest BCUT2D eigenvalue weighted by atomic mass is 16.5. The third kappa shape index (κ3) is 4.97. The Balaban J connectivity index is 1.31. The fourth-order valence-electron chi connectivity index (χ4n) is 3.97. The van der Waals surface area contributed by atoms with Crippen LogP contribution in [-0.2, 0) is 11.3 Å². The SMILES string of the molecule is O=C(NCCCCn1ccnc1)N[C@@H]1CCOC2(CCCCC2)C1. The number of nitrogens with one attached hydrogen (secondary N) is 2. The van der Waals surface area contributed by atoms with Crippen LogP contribution in [0.4, 0.5) is 4.79 Å². The summed E-state index contributed by atoms with van der Waals surface area (Å²) in [5.74, 6) is 0. The first-order valence-electron chi connectivity index (χ1n) is 9.40. The van der Waals surface area contributed by atoms with Crippen LogP contribution in [0.3, 0.4) is 0 Å². The summed E-state index contributed by atoms with van der Waals surface area (Å²) in [6.45, 7) is 2.44. The molecular weight excluding hydrogens is 304 g/mol. The van der Waals surface area contributed by atoms with Crippen molar-refractivity contribution in [2.24, 2.45) is 0 Å². The molecule has 2 aliphatic rings. The van der Waals surface area contributed by atoms with E-state index < -0.39 is 0 Å². The van der Waals surface area contributed by atoms with Gasteiger partial charge in [0.05, 0.1) is 11.9 Å². The van der Waals surface area contributed by atoms with Gasteiger partial charge in [-0.05, 0) is 38.5 Å². The molecule has 3 rings (SSSR count). The molecule has 1 saturated carbocycles. The van der Waals surface area contributed by atoms with Crippen LogP contribution in [-0.4, -0.2) is 40.4 Å². The highest BCUT2D eigenvalue weighted by molar-refractivity contribution is 5.74. The Bertz CT molecular complexity index is 492. The number of aromatic nitrogens is 2. The molecule has 6 heteroatoms. The summed E-state index contributed by atoms with van der Waals surface area (Å²) < 4.78 is 8.15. The van der Waals surface area contributed by atoms with Gasteiger partial charge in [0.1, 0.15) is 0 Å². The number of unbranched alkanes of at least 4 members (excludes halogenated alkanes) is 1. The molecule has 6 nitrogen and oxygen atoms in total. The van der Waals surface area contributed by atoms with Crippen LogP contribution in [0.15, 0.2) is 18.7 Å². The Hall–Kier alpha value is -1.56. The monoisotopic (exact) mass is 334 g/mol. The van der Waals surface area contributed by atoms with E-state index in [0.29, 0.717) is 0 Å². The lowest BCUT2D eigenvalue weighted by atomic mass is 9.78. The molecule has 0 aromatic carbocycles. The van der Waals surface area contributed by atoms with Gasteiger partial charge in [0.2, 0.25) is 0 Å². The Morgan fingerprint density at radius 2 is 2.17 bits per heavy atom. The highest BCUT2D eigenvalue weighted by Crippen LogP contribution is 2.38. The summed E-state index contributed by atoms with van der Waals surface area (Å²) in [5.41, 5.74) is 0.0409. The van der Waals surface area contributed by atoms with Gasteiger partial charge in [-0.2, -0.15) is 0 Å². The maximum Gasteiger partial charge on any atom is 0.315 e. The van der Waals surface area contributed by atoms with E-state index in [1.54, 1.807) is 6.20 Å². The quantitative estimate of drug-likeness (QED) is 0.786. The number of carbonyl (C=O) groups excluding carboxylic acids is 1. The van der Waals surface area contributed by atoms with Crippen LogP contribution >= 0.6 is 0 Å². The first-order chi connectivity index (χ1) is 11.8. The van der Waals surface area contributed by atoms with Gasteiger partial charge in [0.25, 0.3) is 0 Å². The van der Waals surface area contributed by atoms with E-state index in [-0.39, 0.29) is 17.7 Å². The third-order valence-electron chi connectivity index (χ3n) is 5.28. The second kappa shape index (κ2) is 8.51. The van der Waals surface area contributed by atoms with Gasteiger partial charge in [-0.25, -0.2) is 9.78 Å². The number of rotatable bonds is 6. The van der Waals surface area contributed by atoms with E-state index in [1.807, 2.05) is 12.5 Å². The molecule has 134 valence electrons. The number of aryl methyl sites for hydroxylation is 1. The van der Waals surface area contributed by atoms with Crippen LogP contribution in [0.1, 0.15) is 57.8 Å². The summed E-state index contributed by atoms with van der Waals surface area (Å²) in [6.07, 6.45) is 15.6. The zero-order valence-corrected chi connectivity index (χ0v) is 14.5. The maximum atomic E-state index is 12.1. The topological polar surface area (TPSA) is 68.2 Å². The molecule has 1 aromatic heterocycles. The van der Waals surface area contributed by atoms with Gasteiger partial charge >= 0.3 is 6.03 Å². The van der Waals surface area contributed by atoms with E-state index in [0.717, 1.165) is 58.2 Å². The molecule has 2 amide bonds. The normalized spacial score (nSPS) is 23.1. The van der Waals surface area contributed by atoms with Crippen LogP contribution in [0.2, 0.25) is 0 Å². The number of carbonyl (C=O) groups is 1. The van der Waals surface area contributed by atoms with Crippen molar-refractivity contribution in [2.75, 3.05) is 13.2 Å². The number of nitrogens with zero attached hydrogens (tertiary/aromatic N) is 2. The van der Waals surface area contributed by atoms with Gasteiger partial charge in [-0.15, -0.1) is 0 Å².